The van der Waals surface area contributed by atoms with Gasteiger partial charge < -0.3 is 14.5 Å². The summed E-state index contributed by atoms with van der Waals surface area (Å²) >= 11 is 0. The van der Waals surface area contributed by atoms with Crippen molar-refractivity contribution in [2.45, 2.75) is 44.9 Å². The molecule has 2 amide bonds. The van der Waals surface area contributed by atoms with E-state index in [1.807, 2.05) is 23.6 Å². The van der Waals surface area contributed by atoms with Crippen molar-refractivity contribution < 1.29 is 14.3 Å². The summed E-state index contributed by atoms with van der Waals surface area (Å²) in [6, 6.07) is 15.1. The minimum absolute atomic E-state index is 0.110. The zero-order chi connectivity index (χ0) is 21.1. The molecule has 0 bridgehead atoms. The number of unbranched alkanes of at least 4 members (excludes halogenated alkanes) is 1. The largest absolute Gasteiger partial charge is 0.449 e. The van der Waals surface area contributed by atoms with Crippen LogP contribution < -0.4 is 0 Å². The van der Waals surface area contributed by atoms with E-state index < -0.39 is 0 Å². The molecule has 0 spiro atoms. The maximum atomic E-state index is 12.5. The highest BCUT2D eigenvalue weighted by molar-refractivity contribution is 5.83. The maximum absolute atomic E-state index is 12.5. The van der Waals surface area contributed by atoms with E-state index in [9.17, 15) is 9.59 Å². The Hall–Kier alpha value is -2.56. The Morgan fingerprint density at radius 1 is 1.10 bits per heavy atom. The van der Waals surface area contributed by atoms with Gasteiger partial charge in [-0.05, 0) is 55.4 Å². The minimum Gasteiger partial charge on any atom is -0.449 e. The molecule has 5 heteroatoms. The fourth-order valence-corrected chi connectivity index (χ4v) is 4.93. The average Bonchev–Trinajstić information content (AvgIpc) is 3.34. The molecule has 1 saturated heterocycles. The molecule has 5 nitrogen and oxygen atoms in total. The van der Waals surface area contributed by atoms with Crippen molar-refractivity contribution in [3.05, 3.63) is 48.0 Å². The lowest BCUT2D eigenvalue weighted by Gasteiger charge is -2.21. The first-order valence-corrected chi connectivity index (χ1v) is 11.3. The van der Waals surface area contributed by atoms with Crippen LogP contribution in [0.3, 0.4) is 0 Å². The summed E-state index contributed by atoms with van der Waals surface area (Å²) in [5.41, 5.74) is 1.45. The number of nitrogens with zero attached hydrogens (tertiary/aromatic N) is 2. The van der Waals surface area contributed by atoms with Crippen LogP contribution in [-0.4, -0.2) is 54.6 Å². The first-order chi connectivity index (χ1) is 14.6. The maximum Gasteiger partial charge on any atom is 0.409 e. The topological polar surface area (TPSA) is 49.9 Å². The zero-order valence-corrected chi connectivity index (χ0v) is 18.1. The predicted molar refractivity (Wildman–Crippen MR) is 118 cm³/mol. The van der Waals surface area contributed by atoms with Gasteiger partial charge in [0.2, 0.25) is 5.91 Å². The van der Waals surface area contributed by atoms with Gasteiger partial charge in [-0.3, -0.25) is 4.79 Å². The second-order valence-corrected chi connectivity index (χ2v) is 8.64. The zero-order valence-electron chi connectivity index (χ0n) is 18.1. The van der Waals surface area contributed by atoms with Gasteiger partial charge in [0, 0.05) is 38.0 Å². The number of likely N-dealkylation sites (tertiary alicyclic amines) is 1. The van der Waals surface area contributed by atoms with Crippen LogP contribution in [0.15, 0.2) is 42.5 Å². The Labute approximate surface area is 179 Å². The van der Waals surface area contributed by atoms with Crippen LogP contribution in [0.4, 0.5) is 4.79 Å². The molecule has 1 saturated carbocycles. The first-order valence-electron chi connectivity index (χ1n) is 11.3. The minimum atomic E-state index is -0.211. The number of hydrogen-bond donors (Lipinski definition) is 0. The van der Waals surface area contributed by atoms with Crippen LogP contribution >= 0.6 is 0 Å². The highest BCUT2D eigenvalue weighted by atomic mass is 16.6. The lowest BCUT2D eigenvalue weighted by atomic mass is 9.93. The smallest absolute Gasteiger partial charge is 0.409 e. The number of hydrogen-bond acceptors (Lipinski definition) is 3. The van der Waals surface area contributed by atoms with Crippen molar-refractivity contribution in [1.29, 1.82) is 0 Å². The van der Waals surface area contributed by atoms with E-state index in [2.05, 4.69) is 42.5 Å². The molecule has 160 valence electrons. The quantitative estimate of drug-likeness (QED) is 0.601. The number of carbonyl (C=O) groups excluding carboxylic acids is 2. The number of rotatable bonds is 8. The Morgan fingerprint density at radius 2 is 1.87 bits per heavy atom. The molecule has 1 heterocycles. The van der Waals surface area contributed by atoms with Gasteiger partial charge in [-0.1, -0.05) is 42.5 Å². The average molecular weight is 409 g/mol. The third-order valence-electron chi connectivity index (χ3n) is 6.86. The molecule has 0 N–H and O–H groups in total. The number of piperidine rings is 1. The third kappa shape index (κ3) is 4.03. The molecular weight excluding hydrogens is 376 g/mol. The van der Waals surface area contributed by atoms with Crippen molar-refractivity contribution in [1.82, 2.24) is 9.80 Å². The summed E-state index contributed by atoms with van der Waals surface area (Å²) in [4.78, 5) is 28.2. The van der Waals surface area contributed by atoms with Gasteiger partial charge >= 0.3 is 6.09 Å². The van der Waals surface area contributed by atoms with E-state index in [-0.39, 0.29) is 17.4 Å². The van der Waals surface area contributed by atoms with Gasteiger partial charge in [-0.2, -0.15) is 0 Å². The van der Waals surface area contributed by atoms with E-state index in [4.69, 9.17) is 4.74 Å². The first kappa shape index (κ1) is 20.7. The SMILES string of the molecule is CCN(CC)C(=O)CCCCOC(=O)N1C[C@H]2C[C@@]2(c2ccc3ccccc3c2)C1. The van der Waals surface area contributed by atoms with Crippen LogP contribution in [0, 0.1) is 5.92 Å². The van der Waals surface area contributed by atoms with Crippen LogP contribution in [0.25, 0.3) is 10.8 Å². The summed E-state index contributed by atoms with van der Waals surface area (Å²) in [5, 5.41) is 2.51. The fourth-order valence-electron chi connectivity index (χ4n) is 4.93. The number of ether oxygens (including phenoxy) is 1. The van der Waals surface area contributed by atoms with Crippen LogP contribution in [-0.2, 0) is 14.9 Å². The standard InChI is InChI=1S/C25H32N2O3/c1-3-26(4-2)23(28)11-7-8-14-30-24(29)27-17-22-16-25(22,18-27)21-13-12-19-9-5-6-10-20(19)15-21/h5-6,9-10,12-13,15,22H,3-4,7-8,11,14,16-18H2,1-2H3/t22-,25+/m1/s1. The molecule has 0 radical (unpaired) electrons. The molecule has 2 fully saturated rings. The second kappa shape index (κ2) is 8.66. The monoisotopic (exact) mass is 408 g/mol. The number of amides is 2. The Balaban J connectivity index is 1.24. The molecule has 1 aliphatic heterocycles. The molecule has 2 aromatic carbocycles. The van der Waals surface area contributed by atoms with Gasteiger partial charge in [-0.25, -0.2) is 4.79 Å². The Morgan fingerprint density at radius 3 is 2.63 bits per heavy atom. The highest BCUT2D eigenvalue weighted by Crippen LogP contribution is 2.59. The van der Waals surface area contributed by atoms with Gasteiger partial charge in [-0.15, -0.1) is 0 Å². The number of fused-ring (bicyclic) bond motifs is 2. The van der Waals surface area contributed by atoms with E-state index in [1.54, 1.807) is 0 Å². The normalized spacial score (nSPS) is 22.1. The van der Waals surface area contributed by atoms with Crippen LogP contribution in [0.5, 0.6) is 0 Å². The van der Waals surface area contributed by atoms with Crippen molar-refractivity contribution in [3.63, 3.8) is 0 Å². The van der Waals surface area contributed by atoms with Gasteiger partial charge in [0.1, 0.15) is 0 Å². The fraction of sp³-hybridized carbons (Fsp3) is 0.520. The van der Waals surface area contributed by atoms with E-state index >= 15 is 0 Å². The molecule has 1 aliphatic carbocycles. The second-order valence-electron chi connectivity index (χ2n) is 8.64. The van der Waals surface area contributed by atoms with Crippen LogP contribution in [0.1, 0.15) is 45.1 Å². The Bertz CT molecular complexity index is 924. The summed E-state index contributed by atoms with van der Waals surface area (Å²) in [7, 11) is 0. The molecule has 2 atom stereocenters. The molecule has 4 rings (SSSR count). The lowest BCUT2D eigenvalue weighted by molar-refractivity contribution is -0.130. The van der Waals surface area contributed by atoms with E-state index in [1.165, 1.54) is 16.3 Å². The van der Waals surface area contributed by atoms with Crippen LogP contribution in [0.2, 0.25) is 0 Å². The molecule has 2 aliphatic rings. The number of benzene rings is 2. The summed E-state index contributed by atoms with van der Waals surface area (Å²) < 4.78 is 5.50. The summed E-state index contributed by atoms with van der Waals surface area (Å²) in [5.74, 6) is 0.723. The third-order valence-corrected chi connectivity index (χ3v) is 6.86. The molecular formula is C25H32N2O3. The molecule has 30 heavy (non-hydrogen) atoms. The molecule has 2 aromatic rings. The van der Waals surface area contributed by atoms with Gasteiger partial charge in [0.25, 0.3) is 0 Å². The highest BCUT2D eigenvalue weighted by Gasteiger charge is 2.61. The van der Waals surface area contributed by atoms with Gasteiger partial charge in [0.05, 0.1) is 6.61 Å². The molecule has 0 unspecified atom stereocenters. The van der Waals surface area contributed by atoms with Crippen molar-refractivity contribution in [2.24, 2.45) is 5.92 Å². The van der Waals surface area contributed by atoms with Crippen molar-refractivity contribution in [2.75, 3.05) is 32.8 Å². The summed E-state index contributed by atoms with van der Waals surface area (Å²) in [6.07, 6.45) is 2.95. The Kier molecular flexibility index (Phi) is 5.98. The van der Waals surface area contributed by atoms with Gasteiger partial charge in [0.15, 0.2) is 0 Å². The lowest BCUT2D eigenvalue weighted by Crippen LogP contribution is -2.33. The van der Waals surface area contributed by atoms with E-state index in [0.717, 1.165) is 45.4 Å². The van der Waals surface area contributed by atoms with E-state index in [0.29, 0.717) is 18.9 Å². The molecule has 0 aromatic heterocycles. The predicted octanol–water partition coefficient (Wildman–Crippen LogP) is 4.59. The number of carbonyl (C=O) groups is 2. The van der Waals surface area contributed by atoms with Crippen molar-refractivity contribution >= 4 is 22.8 Å². The summed E-state index contributed by atoms with van der Waals surface area (Å²) in [6.45, 7) is 7.40. The van der Waals surface area contributed by atoms with Crippen molar-refractivity contribution in [3.8, 4) is 0 Å².